The fourth-order valence-corrected chi connectivity index (χ4v) is 9.73. The van der Waals surface area contributed by atoms with Gasteiger partial charge in [-0.25, -0.2) is 4.79 Å². The van der Waals surface area contributed by atoms with Gasteiger partial charge in [0.05, 0.1) is 13.8 Å². The maximum absolute atomic E-state index is 12.6. The predicted molar refractivity (Wildman–Crippen MR) is 87.3 cm³/mol. The summed E-state index contributed by atoms with van der Waals surface area (Å²) >= 11 is 0. The number of nitrogens with zero attached hydrogens (tertiary/aromatic N) is 1. The van der Waals surface area contributed by atoms with E-state index in [4.69, 9.17) is 4.52 Å². The van der Waals surface area contributed by atoms with E-state index in [9.17, 15) is 14.7 Å². The highest BCUT2D eigenvalue weighted by molar-refractivity contribution is 6.80. The number of nitrogens with one attached hydrogen (secondary N) is 1. The van der Waals surface area contributed by atoms with Gasteiger partial charge in [-0.15, -0.1) is 0 Å². The van der Waals surface area contributed by atoms with Gasteiger partial charge >= 0.3 is 5.97 Å². The Morgan fingerprint density at radius 1 is 1.17 bits per heavy atom. The van der Waals surface area contributed by atoms with Crippen LogP contribution in [0.2, 0.25) is 24.2 Å². The number of amides is 1. The molecule has 3 rings (SSSR count). The summed E-state index contributed by atoms with van der Waals surface area (Å²) in [7, 11) is -1.24. The number of carboxylic acids is 1. The highest BCUT2D eigenvalue weighted by atomic mass is 28.3. The molecule has 1 aromatic heterocycles. The first-order chi connectivity index (χ1) is 10.9. The smallest absolute Gasteiger partial charge is 0.329 e. The van der Waals surface area contributed by atoms with Gasteiger partial charge < -0.3 is 14.9 Å². The third kappa shape index (κ3) is 2.82. The summed E-state index contributed by atoms with van der Waals surface area (Å²) in [6.45, 7) is 3.36. The van der Waals surface area contributed by atoms with Gasteiger partial charge in [0.15, 0.2) is 0 Å². The zero-order chi connectivity index (χ0) is 16.7. The Kier molecular flexibility index (Phi) is 4.08. The first-order valence-corrected chi connectivity index (χ1v) is 11.2. The molecule has 2 N–H and O–H groups in total. The molecule has 3 heterocycles. The van der Waals surface area contributed by atoms with Crippen LogP contribution in [0.15, 0.2) is 4.52 Å². The van der Waals surface area contributed by atoms with Crippen molar-refractivity contribution in [2.45, 2.75) is 69.2 Å². The minimum Gasteiger partial charge on any atom is -0.480 e. The average Bonchev–Trinajstić information content (AvgIpc) is 3.09. The van der Waals surface area contributed by atoms with Crippen LogP contribution in [-0.2, 0) is 4.79 Å². The van der Waals surface area contributed by atoms with Gasteiger partial charge in [0, 0.05) is 0 Å². The number of aliphatic carboxylic acids is 1. The van der Waals surface area contributed by atoms with Crippen LogP contribution in [0.5, 0.6) is 0 Å². The molecule has 0 unspecified atom stereocenters. The summed E-state index contributed by atoms with van der Waals surface area (Å²) in [6.07, 6.45) is 3.73. The molecule has 2 aliphatic heterocycles. The minimum absolute atomic E-state index is 0.365. The lowest BCUT2D eigenvalue weighted by molar-refractivity contribution is -0.145. The number of aryl methyl sites for hydroxylation is 2. The van der Waals surface area contributed by atoms with Gasteiger partial charge in [-0.3, -0.25) is 4.79 Å². The molecular weight excluding hydrogens is 312 g/mol. The van der Waals surface area contributed by atoms with E-state index in [-0.39, 0.29) is 5.91 Å². The zero-order valence-corrected chi connectivity index (χ0v) is 14.8. The quantitative estimate of drug-likeness (QED) is 0.828. The van der Waals surface area contributed by atoms with E-state index < -0.39 is 19.6 Å². The molecule has 2 saturated heterocycles. The van der Waals surface area contributed by atoms with Crippen molar-refractivity contribution in [3.8, 4) is 0 Å². The highest BCUT2D eigenvalue weighted by Gasteiger charge is 2.50. The summed E-state index contributed by atoms with van der Waals surface area (Å²) in [5, 5.41) is 16.4. The topological polar surface area (TPSA) is 92.4 Å². The van der Waals surface area contributed by atoms with Crippen molar-refractivity contribution in [3.05, 3.63) is 17.0 Å². The van der Waals surface area contributed by atoms with Crippen LogP contribution in [0, 0.1) is 13.8 Å². The first kappa shape index (κ1) is 16.2. The fraction of sp³-hybridized carbons (Fsp3) is 0.688. The van der Waals surface area contributed by atoms with Crippen molar-refractivity contribution >= 4 is 20.0 Å². The van der Waals surface area contributed by atoms with Crippen LogP contribution in [0.1, 0.15) is 47.5 Å². The van der Waals surface area contributed by atoms with Gasteiger partial charge in [-0.2, -0.15) is 0 Å². The Hall–Kier alpha value is -1.63. The lowest BCUT2D eigenvalue weighted by Gasteiger charge is -2.41. The molecule has 1 aromatic rings. The first-order valence-electron chi connectivity index (χ1n) is 8.36. The van der Waals surface area contributed by atoms with Crippen LogP contribution < -0.4 is 5.32 Å². The van der Waals surface area contributed by atoms with Crippen LogP contribution >= 0.6 is 0 Å². The normalized spacial score (nSPS) is 22.2. The monoisotopic (exact) mass is 336 g/mol. The molecule has 2 fully saturated rings. The second-order valence-electron chi connectivity index (χ2n) is 7.25. The number of carbonyl (C=O) groups is 2. The van der Waals surface area contributed by atoms with Crippen molar-refractivity contribution < 1.29 is 19.2 Å². The van der Waals surface area contributed by atoms with E-state index in [1.165, 1.54) is 24.9 Å². The summed E-state index contributed by atoms with van der Waals surface area (Å²) < 4.78 is 5.02. The van der Waals surface area contributed by atoms with Crippen molar-refractivity contribution in [2.75, 3.05) is 0 Å². The average molecular weight is 336 g/mol. The van der Waals surface area contributed by atoms with Crippen molar-refractivity contribution in [1.29, 1.82) is 0 Å². The number of rotatable bonds is 3. The number of hydrogen-bond donors (Lipinski definition) is 2. The lowest BCUT2D eigenvalue weighted by Crippen LogP contribution is -2.59. The number of hydrogen-bond acceptors (Lipinski definition) is 4. The highest BCUT2D eigenvalue weighted by Crippen LogP contribution is 2.45. The maximum atomic E-state index is 12.6. The second-order valence-corrected chi connectivity index (χ2v) is 12.2. The molecular formula is C16H24N2O4Si. The minimum atomic E-state index is -1.24. The molecule has 2 aliphatic rings. The van der Waals surface area contributed by atoms with Crippen LogP contribution in [0.25, 0.3) is 0 Å². The Morgan fingerprint density at radius 2 is 1.78 bits per heavy atom. The summed E-state index contributed by atoms with van der Waals surface area (Å²) in [4.78, 5) is 24.5. The second kappa shape index (κ2) is 5.78. The Labute approximate surface area is 136 Å². The molecule has 0 aromatic carbocycles. The van der Waals surface area contributed by atoms with E-state index >= 15 is 0 Å². The van der Waals surface area contributed by atoms with E-state index in [0.717, 1.165) is 12.1 Å². The Bertz CT molecular complexity index is 605. The Balaban J connectivity index is 1.78. The van der Waals surface area contributed by atoms with E-state index in [1.807, 2.05) is 0 Å². The fourth-order valence-electron chi connectivity index (χ4n) is 4.31. The Morgan fingerprint density at radius 3 is 2.26 bits per heavy atom. The van der Waals surface area contributed by atoms with Crippen LogP contribution in [0.3, 0.4) is 0 Å². The standard InChI is InChI=1S/C16H24N2O4Si/c1-11-13(12(2)22-18-11)14(19)17-16(15(20)21)5-9-23(10-6-16)7-3-4-8-23/h3-10H2,1-2H3,(H,17,19)(H,20,21). The van der Waals surface area contributed by atoms with Gasteiger partial charge in [0.2, 0.25) is 0 Å². The molecule has 1 amide bonds. The molecule has 0 saturated carbocycles. The zero-order valence-electron chi connectivity index (χ0n) is 13.8. The molecule has 6 nitrogen and oxygen atoms in total. The largest absolute Gasteiger partial charge is 0.480 e. The number of aromatic nitrogens is 1. The van der Waals surface area contributed by atoms with Crippen molar-refractivity contribution in [3.63, 3.8) is 0 Å². The van der Waals surface area contributed by atoms with Crippen LogP contribution in [0.4, 0.5) is 0 Å². The van der Waals surface area contributed by atoms with Crippen molar-refractivity contribution in [1.82, 2.24) is 10.5 Å². The predicted octanol–water partition coefficient (Wildman–Crippen LogP) is 2.88. The summed E-state index contributed by atoms with van der Waals surface area (Å²) in [5.41, 5.74) is -0.268. The molecule has 0 aliphatic carbocycles. The van der Waals surface area contributed by atoms with E-state index in [1.54, 1.807) is 13.8 Å². The number of carbonyl (C=O) groups excluding carboxylic acids is 1. The van der Waals surface area contributed by atoms with Gasteiger partial charge in [-0.05, 0) is 26.7 Å². The molecule has 1 spiro atoms. The SMILES string of the molecule is Cc1noc(C)c1C(=O)NC1(C(=O)O)CC[Si]2(CCCC2)CC1. The lowest BCUT2D eigenvalue weighted by atomic mass is 9.91. The third-order valence-corrected chi connectivity index (χ3v) is 11.3. The summed E-state index contributed by atoms with van der Waals surface area (Å²) in [5.74, 6) is -0.870. The van der Waals surface area contributed by atoms with Gasteiger partial charge in [0.1, 0.15) is 16.9 Å². The molecule has 0 bridgehead atoms. The van der Waals surface area contributed by atoms with E-state index in [2.05, 4.69) is 10.5 Å². The van der Waals surface area contributed by atoms with Crippen LogP contribution in [-0.4, -0.2) is 35.8 Å². The van der Waals surface area contributed by atoms with Gasteiger partial charge in [0.25, 0.3) is 5.91 Å². The number of carboxylic acid groups (broad SMARTS) is 1. The van der Waals surface area contributed by atoms with Gasteiger partial charge in [-0.1, -0.05) is 42.2 Å². The molecule has 0 radical (unpaired) electrons. The maximum Gasteiger partial charge on any atom is 0.329 e. The third-order valence-electron chi connectivity index (χ3n) is 5.85. The van der Waals surface area contributed by atoms with E-state index in [0.29, 0.717) is 29.9 Å². The molecule has 7 heteroatoms. The molecule has 126 valence electrons. The van der Waals surface area contributed by atoms with Crippen molar-refractivity contribution in [2.24, 2.45) is 0 Å². The molecule has 0 atom stereocenters. The summed E-state index contributed by atoms with van der Waals surface area (Å²) in [6, 6.07) is 4.70. The molecule has 23 heavy (non-hydrogen) atoms.